The van der Waals surface area contributed by atoms with Gasteiger partial charge in [0.15, 0.2) is 5.82 Å². The number of hydrogen-bond donors (Lipinski definition) is 2. The van der Waals surface area contributed by atoms with Crippen LogP contribution in [0, 0.1) is 5.82 Å². The van der Waals surface area contributed by atoms with Crippen molar-refractivity contribution in [2.75, 3.05) is 11.9 Å². The van der Waals surface area contributed by atoms with E-state index in [1.165, 1.54) is 6.07 Å². The number of benzene rings is 1. The zero-order valence-corrected chi connectivity index (χ0v) is 16.6. The highest BCUT2D eigenvalue weighted by molar-refractivity contribution is 5.83. The van der Waals surface area contributed by atoms with Gasteiger partial charge in [-0.25, -0.2) is 14.4 Å². The largest absolute Gasteiger partial charge is 0.370 e. The molecule has 152 valence electrons. The maximum absolute atomic E-state index is 13.6. The second-order valence-corrected chi connectivity index (χ2v) is 7.10. The molecule has 7 heteroatoms. The van der Waals surface area contributed by atoms with Crippen molar-refractivity contribution in [3.05, 3.63) is 90.8 Å². The van der Waals surface area contributed by atoms with Gasteiger partial charge in [0.25, 0.3) is 0 Å². The number of aromatic nitrogens is 5. The van der Waals surface area contributed by atoms with Crippen molar-refractivity contribution in [3.8, 4) is 22.8 Å². The number of halogens is 1. The Morgan fingerprint density at radius 3 is 2.74 bits per heavy atom. The van der Waals surface area contributed by atoms with E-state index in [0.29, 0.717) is 30.3 Å². The van der Waals surface area contributed by atoms with Crippen LogP contribution in [0.5, 0.6) is 0 Å². The van der Waals surface area contributed by atoms with Crippen LogP contribution in [0.2, 0.25) is 0 Å². The maximum Gasteiger partial charge on any atom is 0.180 e. The van der Waals surface area contributed by atoms with Gasteiger partial charge in [-0.1, -0.05) is 6.07 Å². The Morgan fingerprint density at radius 1 is 0.935 bits per heavy atom. The van der Waals surface area contributed by atoms with E-state index in [0.717, 1.165) is 27.7 Å². The Labute approximate surface area is 178 Å². The van der Waals surface area contributed by atoms with Crippen LogP contribution in [0.3, 0.4) is 0 Å². The van der Waals surface area contributed by atoms with Gasteiger partial charge in [-0.05, 0) is 54.4 Å². The molecule has 6 nitrogen and oxygen atoms in total. The topological polar surface area (TPSA) is 79.4 Å². The third kappa shape index (κ3) is 4.11. The Balaban J connectivity index is 1.42. The lowest BCUT2D eigenvalue weighted by atomic mass is 10.1. The normalized spacial score (nSPS) is 11.0. The fraction of sp³-hybridized carbons (Fsp3) is 0.0833. The summed E-state index contributed by atoms with van der Waals surface area (Å²) >= 11 is 0. The minimum atomic E-state index is -0.238. The minimum absolute atomic E-state index is 0.238. The van der Waals surface area contributed by atoms with Crippen LogP contribution in [-0.4, -0.2) is 31.5 Å². The van der Waals surface area contributed by atoms with Crippen LogP contribution < -0.4 is 5.32 Å². The maximum atomic E-state index is 13.6. The molecule has 0 radical (unpaired) electrons. The minimum Gasteiger partial charge on any atom is -0.370 e. The molecule has 0 aliphatic heterocycles. The molecule has 0 amide bonds. The smallest absolute Gasteiger partial charge is 0.180 e. The van der Waals surface area contributed by atoms with Gasteiger partial charge in [0.1, 0.15) is 17.3 Å². The number of nitrogens with one attached hydrogen (secondary N) is 2. The Bertz CT molecular complexity index is 1260. The first-order valence-corrected chi connectivity index (χ1v) is 9.96. The van der Waals surface area contributed by atoms with Crippen LogP contribution >= 0.6 is 0 Å². The van der Waals surface area contributed by atoms with Crippen LogP contribution in [0.15, 0.2) is 79.4 Å². The summed E-state index contributed by atoms with van der Waals surface area (Å²) in [6.45, 7) is 0.634. The Kier molecular flexibility index (Phi) is 5.06. The van der Waals surface area contributed by atoms with Crippen LogP contribution in [0.4, 0.5) is 10.2 Å². The van der Waals surface area contributed by atoms with Crippen LogP contribution in [0.1, 0.15) is 5.56 Å². The second kappa shape index (κ2) is 8.31. The molecule has 0 fully saturated rings. The number of pyridine rings is 2. The van der Waals surface area contributed by atoms with Crippen molar-refractivity contribution in [1.82, 2.24) is 24.9 Å². The molecule has 5 aromatic rings. The molecule has 0 aliphatic rings. The highest BCUT2D eigenvalue weighted by Gasteiger charge is 2.10. The van der Waals surface area contributed by atoms with Crippen molar-refractivity contribution < 1.29 is 4.39 Å². The van der Waals surface area contributed by atoms with E-state index in [1.807, 2.05) is 42.6 Å². The van der Waals surface area contributed by atoms with Crippen LogP contribution in [0.25, 0.3) is 33.7 Å². The lowest BCUT2D eigenvalue weighted by Crippen LogP contribution is -2.08. The first kappa shape index (κ1) is 18.9. The molecule has 0 saturated heterocycles. The summed E-state index contributed by atoms with van der Waals surface area (Å²) in [5, 5.41) is 4.27. The molecule has 0 saturated carbocycles. The summed E-state index contributed by atoms with van der Waals surface area (Å²) in [5.74, 6) is 0.998. The Morgan fingerprint density at radius 2 is 1.90 bits per heavy atom. The quantitative estimate of drug-likeness (QED) is 0.417. The molecule has 0 unspecified atom stereocenters. The molecule has 1 aromatic carbocycles. The van der Waals surface area contributed by atoms with Crippen LogP contribution in [-0.2, 0) is 6.42 Å². The highest BCUT2D eigenvalue weighted by Crippen LogP contribution is 2.24. The zero-order chi connectivity index (χ0) is 21.0. The number of rotatable bonds is 6. The SMILES string of the molecule is Fc1ccc2[nH]cc(CCNc3cc(-c4cccnc4)nc(-c4ccccn4)n3)c2c1. The highest BCUT2D eigenvalue weighted by atomic mass is 19.1. The summed E-state index contributed by atoms with van der Waals surface area (Å²) in [7, 11) is 0. The van der Waals surface area contributed by atoms with Gasteiger partial charge in [0, 0.05) is 53.9 Å². The lowest BCUT2D eigenvalue weighted by molar-refractivity contribution is 0.629. The molecule has 0 bridgehead atoms. The summed E-state index contributed by atoms with van der Waals surface area (Å²) in [6.07, 6.45) is 7.86. The van der Waals surface area contributed by atoms with Gasteiger partial charge < -0.3 is 10.3 Å². The van der Waals surface area contributed by atoms with E-state index in [-0.39, 0.29) is 5.82 Å². The molecular formula is C24H19FN6. The number of fused-ring (bicyclic) bond motifs is 1. The standard InChI is InChI=1S/C24H19FN6/c25-18-6-7-20-19(12-18)16(15-29-20)8-11-28-23-13-22(17-4-3-9-26-14-17)30-24(31-23)21-5-1-2-10-27-21/h1-7,9-10,12-15,29H,8,11H2,(H,28,30,31). The second-order valence-electron chi connectivity index (χ2n) is 7.10. The fourth-order valence-corrected chi connectivity index (χ4v) is 3.49. The first-order chi connectivity index (χ1) is 15.3. The predicted molar refractivity (Wildman–Crippen MR) is 119 cm³/mol. The molecule has 2 N–H and O–H groups in total. The van der Waals surface area contributed by atoms with E-state index in [2.05, 4.69) is 30.2 Å². The van der Waals surface area contributed by atoms with Crippen molar-refractivity contribution in [1.29, 1.82) is 0 Å². The average molecular weight is 410 g/mol. The number of hydrogen-bond acceptors (Lipinski definition) is 5. The van der Waals surface area contributed by atoms with E-state index >= 15 is 0 Å². The van der Waals surface area contributed by atoms with Gasteiger partial charge >= 0.3 is 0 Å². The monoisotopic (exact) mass is 410 g/mol. The Hall–Kier alpha value is -4.13. The predicted octanol–water partition coefficient (Wildman–Crippen LogP) is 4.88. The number of aromatic amines is 1. The molecule has 0 atom stereocenters. The molecule has 0 aliphatic carbocycles. The third-order valence-corrected chi connectivity index (χ3v) is 5.01. The number of anilines is 1. The van der Waals surface area contributed by atoms with Crippen molar-refractivity contribution in [3.63, 3.8) is 0 Å². The van der Waals surface area contributed by atoms with Crippen molar-refractivity contribution in [2.24, 2.45) is 0 Å². The molecule has 31 heavy (non-hydrogen) atoms. The molecule has 4 aromatic heterocycles. The van der Waals surface area contributed by atoms with E-state index < -0.39 is 0 Å². The fourth-order valence-electron chi connectivity index (χ4n) is 3.49. The molecule has 0 spiro atoms. The van der Waals surface area contributed by atoms with Gasteiger partial charge in [-0.2, -0.15) is 0 Å². The third-order valence-electron chi connectivity index (χ3n) is 5.01. The summed E-state index contributed by atoms with van der Waals surface area (Å²) in [6, 6.07) is 16.2. The summed E-state index contributed by atoms with van der Waals surface area (Å²) in [5.41, 5.74) is 4.34. The lowest BCUT2D eigenvalue weighted by Gasteiger charge is -2.10. The number of H-pyrrole nitrogens is 1. The molecular weight excluding hydrogens is 391 g/mol. The van der Waals surface area contributed by atoms with Crippen molar-refractivity contribution in [2.45, 2.75) is 6.42 Å². The molecule has 5 rings (SSSR count). The van der Waals surface area contributed by atoms with Crippen molar-refractivity contribution >= 4 is 16.7 Å². The number of nitrogens with zero attached hydrogens (tertiary/aromatic N) is 4. The van der Waals surface area contributed by atoms with E-state index in [4.69, 9.17) is 0 Å². The van der Waals surface area contributed by atoms with Gasteiger partial charge in [0.2, 0.25) is 0 Å². The van der Waals surface area contributed by atoms with E-state index in [9.17, 15) is 4.39 Å². The average Bonchev–Trinajstić information content (AvgIpc) is 3.22. The van der Waals surface area contributed by atoms with Gasteiger partial charge in [-0.15, -0.1) is 0 Å². The zero-order valence-electron chi connectivity index (χ0n) is 16.6. The summed E-state index contributed by atoms with van der Waals surface area (Å²) < 4.78 is 13.6. The van der Waals surface area contributed by atoms with E-state index in [1.54, 1.807) is 30.7 Å². The molecule has 4 heterocycles. The van der Waals surface area contributed by atoms with Gasteiger partial charge in [-0.3, -0.25) is 9.97 Å². The first-order valence-electron chi connectivity index (χ1n) is 9.96. The van der Waals surface area contributed by atoms with Gasteiger partial charge in [0.05, 0.1) is 5.69 Å². The summed E-state index contributed by atoms with van der Waals surface area (Å²) in [4.78, 5) is 21.1.